The lowest BCUT2D eigenvalue weighted by Gasteiger charge is -2.24. The van der Waals surface area contributed by atoms with Crippen molar-refractivity contribution in [3.8, 4) is 11.3 Å². The van der Waals surface area contributed by atoms with Gasteiger partial charge < -0.3 is 5.32 Å². The van der Waals surface area contributed by atoms with E-state index in [1.54, 1.807) is 6.20 Å². The van der Waals surface area contributed by atoms with E-state index in [2.05, 4.69) is 15.6 Å². The van der Waals surface area contributed by atoms with E-state index in [-0.39, 0.29) is 0 Å². The monoisotopic (exact) mass is 256 g/mol. The normalized spacial score (nSPS) is 16.4. The number of carbonyl (C=O) groups excluding carboxylic acids is 1. The van der Waals surface area contributed by atoms with Gasteiger partial charge in [0.05, 0.1) is 17.9 Å². The minimum atomic E-state index is 0.407. The first-order valence-electron chi connectivity index (χ1n) is 6.55. The Hall–Kier alpha value is -2.01. The lowest BCUT2D eigenvalue weighted by atomic mass is 10.1. The molecule has 0 amide bonds. The maximum atomic E-state index is 10.7. The van der Waals surface area contributed by atoms with Gasteiger partial charge in [0.2, 0.25) is 0 Å². The number of piperidine rings is 1. The quantitative estimate of drug-likeness (QED) is 0.849. The second-order valence-electron chi connectivity index (χ2n) is 4.78. The predicted octanol–water partition coefficient (Wildman–Crippen LogP) is 1.68. The maximum absolute atomic E-state index is 10.7. The lowest BCUT2D eigenvalue weighted by Crippen LogP contribution is -2.30. The molecular weight excluding hydrogens is 240 g/mol. The van der Waals surface area contributed by atoms with Gasteiger partial charge in [-0.25, -0.2) is 4.68 Å². The summed E-state index contributed by atoms with van der Waals surface area (Å²) in [5, 5.41) is 11.6. The number of nitrogens with zero attached hydrogens (tertiary/aromatic N) is 3. The molecule has 1 aromatic heterocycles. The molecule has 0 spiro atoms. The van der Waals surface area contributed by atoms with Crippen LogP contribution in [0.1, 0.15) is 29.2 Å². The second-order valence-corrected chi connectivity index (χ2v) is 4.78. The summed E-state index contributed by atoms with van der Waals surface area (Å²) in [6.07, 6.45) is 4.79. The summed E-state index contributed by atoms with van der Waals surface area (Å²) >= 11 is 0. The van der Waals surface area contributed by atoms with Crippen molar-refractivity contribution in [1.29, 1.82) is 0 Å². The molecule has 1 saturated heterocycles. The van der Waals surface area contributed by atoms with Crippen molar-refractivity contribution < 1.29 is 4.79 Å². The minimum Gasteiger partial charge on any atom is -0.317 e. The minimum absolute atomic E-state index is 0.407. The molecule has 0 radical (unpaired) electrons. The van der Waals surface area contributed by atoms with Crippen LogP contribution in [0.5, 0.6) is 0 Å². The molecule has 19 heavy (non-hydrogen) atoms. The van der Waals surface area contributed by atoms with Crippen LogP contribution in [-0.2, 0) is 0 Å². The third-order valence-corrected chi connectivity index (χ3v) is 3.57. The zero-order valence-electron chi connectivity index (χ0n) is 10.6. The van der Waals surface area contributed by atoms with Gasteiger partial charge in [0, 0.05) is 11.1 Å². The number of rotatable bonds is 3. The van der Waals surface area contributed by atoms with Crippen molar-refractivity contribution in [2.24, 2.45) is 0 Å². The van der Waals surface area contributed by atoms with Crippen LogP contribution < -0.4 is 5.32 Å². The summed E-state index contributed by atoms with van der Waals surface area (Å²) in [6, 6.07) is 7.94. The SMILES string of the molecule is O=Cc1ccc(-c2cnnn2C2CCNCC2)cc1. The van der Waals surface area contributed by atoms with Crippen LogP contribution >= 0.6 is 0 Å². The average Bonchev–Trinajstić information content (AvgIpc) is 2.98. The molecule has 0 atom stereocenters. The molecule has 0 bridgehead atoms. The van der Waals surface area contributed by atoms with E-state index < -0.39 is 0 Å². The van der Waals surface area contributed by atoms with Gasteiger partial charge in [-0.15, -0.1) is 5.10 Å². The van der Waals surface area contributed by atoms with Crippen LogP contribution in [0.4, 0.5) is 0 Å². The van der Waals surface area contributed by atoms with Crippen LogP contribution in [0.25, 0.3) is 11.3 Å². The highest BCUT2D eigenvalue weighted by Crippen LogP contribution is 2.25. The van der Waals surface area contributed by atoms with Crippen LogP contribution in [-0.4, -0.2) is 34.4 Å². The molecule has 98 valence electrons. The fraction of sp³-hybridized carbons (Fsp3) is 0.357. The van der Waals surface area contributed by atoms with E-state index in [1.807, 2.05) is 28.9 Å². The molecule has 2 aromatic rings. The maximum Gasteiger partial charge on any atom is 0.150 e. The standard InChI is InChI=1S/C14H16N4O/c19-10-11-1-3-12(4-2-11)14-9-16-17-18(14)13-5-7-15-8-6-13/h1-4,9-10,13,15H,5-8H2. The molecule has 2 heterocycles. The van der Waals surface area contributed by atoms with E-state index in [0.29, 0.717) is 11.6 Å². The molecule has 0 aliphatic carbocycles. The Balaban J connectivity index is 1.91. The number of aromatic nitrogens is 3. The first-order chi connectivity index (χ1) is 9.38. The van der Waals surface area contributed by atoms with E-state index in [1.165, 1.54) is 0 Å². The Morgan fingerprint density at radius 3 is 2.63 bits per heavy atom. The van der Waals surface area contributed by atoms with Gasteiger partial charge in [0.15, 0.2) is 0 Å². The first kappa shape index (κ1) is 12.0. The van der Waals surface area contributed by atoms with Gasteiger partial charge in [0.25, 0.3) is 0 Å². The summed E-state index contributed by atoms with van der Waals surface area (Å²) < 4.78 is 2.01. The molecule has 1 aromatic carbocycles. The Labute approximate surface area is 111 Å². The molecule has 1 aliphatic heterocycles. The van der Waals surface area contributed by atoms with E-state index >= 15 is 0 Å². The van der Waals surface area contributed by atoms with Crippen molar-refractivity contribution in [3.63, 3.8) is 0 Å². The molecule has 5 nitrogen and oxygen atoms in total. The molecular formula is C14H16N4O. The Morgan fingerprint density at radius 2 is 1.95 bits per heavy atom. The fourth-order valence-electron chi connectivity index (χ4n) is 2.50. The van der Waals surface area contributed by atoms with Crippen molar-refractivity contribution in [2.45, 2.75) is 18.9 Å². The summed E-state index contributed by atoms with van der Waals surface area (Å²) in [5.74, 6) is 0. The van der Waals surface area contributed by atoms with E-state index in [0.717, 1.165) is 43.5 Å². The van der Waals surface area contributed by atoms with Crippen molar-refractivity contribution >= 4 is 6.29 Å². The molecule has 5 heteroatoms. The predicted molar refractivity (Wildman–Crippen MR) is 72.0 cm³/mol. The van der Waals surface area contributed by atoms with E-state index in [4.69, 9.17) is 0 Å². The number of hydrogen-bond acceptors (Lipinski definition) is 4. The van der Waals surface area contributed by atoms with Gasteiger partial charge in [0.1, 0.15) is 6.29 Å². The van der Waals surface area contributed by atoms with Crippen molar-refractivity contribution in [2.75, 3.05) is 13.1 Å². The van der Waals surface area contributed by atoms with Gasteiger partial charge in [-0.1, -0.05) is 29.5 Å². The third kappa shape index (κ3) is 2.42. The van der Waals surface area contributed by atoms with Crippen LogP contribution in [0.3, 0.4) is 0 Å². The Bertz CT molecular complexity index is 555. The second kappa shape index (κ2) is 5.32. The largest absolute Gasteiger partial charge is 0.317 e. The molecule has 0 unspecified atom stereocenters. The van der Waals surface area contributed by atoms with Crippen LogP contribution in [0.2, 0.25) is 0 Å². The zero-order valence-corrected chi connectivity index (χ0v) is 10.6. The molecule has 3 rings (SSSR count). The number of aldehydes is 1. The van der Waals surface area contributed by atoms with Crippen molar-refractivity contribution in [3.05, 3.63) is 36.0 Å². The van der Waals surface area contributed by atoms with E-state index in [9.17, 15) is 4.79 Å². The summed E-state index contributed by atoms with van der Waals surface area (Å²) in [7, 11) is 0. The molecule has 1 N–H and O–H groups in total. The number of carbonyl (C=O) groups is 1. The fourth-order valence-corrected chi connectivity index (χ4v) is 2.50. The highest BCUT2D eigenvalue weighted by molar-refractivity contribution is 5.76. The summed E-state index contributed by atoms with van der Waals surface area (Å²) in [5.41, 5.74) is 2.75. The summed E-state index contributed by atoms with van der Waals surface area (Å²) in [4.78, 5) is 10.7. The van der Waals surface area contributed by atoms with Crippen LogP contribution in [0.15, 0.2) is 30.5 Å². The molecule has 0 saturated carbocycles. The van der Waals surface area contributed by atoms with Gasteiger partial charge in [-0.3, -0.25) is 4.79 Å². The number of nitrogens with one attached hydrogen (secondary N) is 1. The number of benzene rings is 1. The Morgan fingerprint density at radius 1 is 1.21 bits per heavy atom. The Kier molecular flexibility index (Phi) is 3.37. The number of hydrogen-bond donors (Lipinski definition) is 1. The highest BCUT2D eigenvalue weighted by Gasteiger charge is 2.19. The topological polar surface area (TPSA) is 59.8 Å². The highest BCUT2D eigenvalue weighted by atomic mass is 16.1. The lowest BCUT2D eigenvalue weighted by molar-refractivity contribution is 0.112. The summed E-state index contributed by atoms with van der Waals surface area (Å²) in [6.45, 7) is 2.04. The van der Waals surface area contributed by atoms with Gasteiger partial charge in [-0.05, 0) is 25.9 Å². The average molecular weight is 256 g/mol. The van der Waals surface area contributed by atoms with Crippen molar-refractivity contribution in [1.82, 2.24) is 20.3 Å². The first-order valence-corrected chi connectivity index (χ1v) is 6.55. The molecule has 1 aliphatic rings. The van der Waals surface area contributed by atoms with Crippen LogP contribution in [0, 0.1) is 0 Å². The van der Waals surface area contributed by atoms with Gasteiger partial charge in [-0.2, -0.15) is 0 Å². The third-order valence-electron chi connectivity index (χ3n) is 3.57. The smallest absolute Gasteiger partial charge is 0.150 e. The molecule has 1 fully saturated rings. The van der Waals surface area contributed by atoms with Gasteiger partial charge >= 0.3 is 0 Å². The zero-order chi connectivity index (χ0) is 13.1.